The lowest BCUT2D eigenvalue weighted by molar-refractivity contribution is -0.127. The monoisotopic (exact) mass is 263 g/mol. The molecule has 0 unspecified atom stereocenters. The van der Waals surface area contributed by atoms with Crippen molar-refractivity contribution in [1.29, 1.82) is 0 Å². The van der Waals surface area contributed by atoms with Crippen LogP contribution in [0, 0.1) is 0 Å². The molecule has 1 amide bonds. The molecule has 0 aliphatic rings. The third-order valence-corrected chi connectivity index (χ3v) is 3.04. The smallest absolute Gasteiger partial charge is 0.260 e. The Bertz CT molecular complexity index is 401. The van der Waals surface area contributed by atoms with E-state index in [0.29, 0.717) is 5.92 Å². The van der Waals surface area contributed by atoms with Crippen molar-refractivity contribution in [2.45, 2.75) is 52.6 Å². The molecule has 106 valence electrons. The van der Waals surface area contributed by atoms with Crippen LogP contribution in [-0.2, 0) is 4.79 Å². The first-order valence-electron chi connectivity index (χ1n) is 7.09. The molecule has 0 saturated carbocycles. The molecule has 0 bridgehead atoms. The van der Waals surface area contributed by atoms with E-state index in [1.54, 1.807) is 6.92 Å². The first kappa shape index (κ1) is 15.5. The molecule has 0 fully saturated rings. The molecule has 0 radical (unpaired) electrons. The van der Waals surface area contributed by atoms with Gasteiger partial charge in [-0.1, -0.05) is 45.4 Å². The highest BCUT2D eigenvalue weighted by molar-refractivity contribution is 5.80. The molecule has 3 heteroatoms. The summed E-state index contributed by atoms with van der Waals surface area (Å²) >= 11 is 0. The van der Waals surface area contributed by atoms with E-state index in [0.717, 1.165) is 30.7 Å². The maximum absolute atomic E-state index is 11.9. The summed E-state index contributed by atoms with van der Waals surface area (Å²) in [5, 5.41) is 2.89. The van der Waals surface area contributed by atoms with Gasteiger partial charge < -0.3 is 10.1 Å². The zero-order chi connectivity index (χ0) is 14.3. The van der Waals surface area contributed by atoms with Crippen LogP contribution >= 0.6 is 0 Å². The lowest BCUT2D eigenvalue weighted by Gasteiger charge is -2.18. The first-order chi connectivity index (χ1) is 9.06. The maximum atomic E-state index is 11.9. The van der Waals surface area contributed by atoms with Crippen molar-refractivity contribution in [3.63, 3.8) is 0 Å². The summed E-state index contributed by atoms with van der Waals surface area (Å²) in [5.74, 6) is 1.13. The molecule has 1 atom stereocenters. The third kappa shape index (κ3) is 4.93. The van der Waals surface area contributed by atoms with Crippen LogP contribution in [0.1, 0.15) is 52.0 Å². The van der Waals surface area contributed by atoms with Crippen LogP contribution in [0.2, 0.25) is 0 Å². The average Bonchev–Trinajstić information content (AvgIpc) is 2.39. The molecule has 3 nitrogen and oxygen atoms in total. The van der Waals surface area contributed by atoms with Crippen molar-refractivity contribution in [3.05, 3.63) is 29.8 Å². The largest absolute Gasteiger partial charge is 0.481 e. The first-order valence-corrected chi connectivity index (χ1v) is 7.09. The van der Waals surface area contributed by atoms with E-state index in [1.807, 2.05) is 24.3 Å². The van der Waals surface area contributed by atoms with E-state index in [1.165, 1.54) is 0 Å². The second-order valence-electron chi connectivity index (χ2n) is 5.10. The van der Waals surface area contributed by atoms with Gasteiger partial charge in [-0.25, -0.2) is 0 Å². The number of nitrogens with one attached hydrogen (secondary N) is 1. The van der Waals surface area contributed by atoms with Gasteiger partial charge in [0.1, 0.15) is 5.75 Å². The third-order valence-electron chi connectivity index (χ3n) is 3.04. The summed E-state index contributed by atoms with van der Waals surface area (Å²) in [6, 6.07) is 7.89. The highest BCUT2D eigenvalue weighted by Crippen LogP contribution is 2.26. The second kappa shape index (κ2) is 7.82. The van der Waals surface area contributed by atoms with Gasteiger partial charge >= 0.3 is 0 Å². The molecule has 0 aliphatic carbocycles. The molecule has 0 spiro atoms. The van der Waals surface area contributed by atoms with Crippen LogP contribution < -0.4 is 10.1 Å². The van der Waals surface area contributed by atoms with E-state index in [9.17, 15) is 4.79 Å². The number of amides is 1. The molecule has 0 saturated heterocycles. The molecule has 1 rings (SSSR count). The molecule has 19 heavy (non-hydrogen) atoms. The Morgan fingerprint density at radius 3 is 2.58 bits per heavy atom. The molecule has 0 aliphatic heterocycles. The lowest BCUT2D eigenvalue weighted by atomic mass is 10.0. The highest BCUT2D eigenvalue weighted by atomic mass is 16.5. The van der Waals surface area contributed by atoms with Gasteiger partial charge in [0.15, 0.2) is 6.10 Å². The van der Waals surface area contributed by atoms with Crippen LogP contribution in [0.3, 0.4) is 0 Å². The minimum Gasteiger partial charge on any atom is -0.481 e. The maximum Gasteiger partial charge on any atom is 0.260 e. The number of para-hydroxylation sites is 1. The van der Waals surface area contributed by atoms with Gasteiger partial charge in [0.25, 0.3) is 5.91 Å². The van der Waals surface area contributed by atoms with Crippen molar-refractivity contribution >= 4 is 5.91 Å². The highest BCUT2D eigenvalue weighted by Gasteiger charge is 2.16. The normalized spacial score (nSPS) is 12.3. The van der Waals surface area contributed by atoms with Crippen molar-refractivity contribution in [3.8, 4) is 5.75 Å². The number of ether oxygens (including phenoxy) is 1. The topological polar surface area (TPSA) is 38.3 Å². The fraction of sp³-hybridized carbons (Fsp3) is 0.562. The number of carbonyl (C=O) groups is 1. The molecule has 0 aromatic heterocycles. The quantitative estimate of drug-likeness (QED) is 0.765. The Balaban J connectivity index is 2.61. The number of carbonyl (C=O) groups excluding carboxylic acids is 1. The van der Waals surface area contributed by atoms with Gasteiger partial charge in [-0.05, 0) is 30.9 Å². The Labute approximate surface area is 116 Å². The fourth-order valence-corrected chi connectivity index (χ4v) is 1.84. The van der Waals surface area contributed by atoms with Gasteiger partial charge in [0, 0.05) is 6.54 Å². The standard InChI is InChI=1S/C16H25NO2/c1-5-6-11-17-16(18)13(4)19-15-10-8-7-9-14(15)12(2)3/h7-10,12-13H,5-6,11H2,1-4H3,(H,17,18)/t13-/m0/s1. The lowest BCUT2D eigenvalue weighted by Crippen LogP contribution is -2.36. The van der Waals surface area contributed by atoms with Gasteiger partial charge in [-0.2, -0.15) is 0 Å². The zero-order valence-electron chi connectivity index (χ0n) is 12.4. The summed E-state index contributed by atoms with van der Waals surface area (Å²) in [6.45, 7) is 8.85. The summed E-state index contributed by atoms with van der Waals surface area (Å²) in [4.78, 5) is 11.9. The SMILES string of the molecule is CCCCNC(=O)[C@H](C)Oc1ccccc1C(C)C. The van der Waals surface area contributed by atoms with Crippen molar-refractivity contribution in [2.75, 3.05) is 6.54 Å². The number of unbranched alkanes of at least 4 members (excludes halogenated alkanes) is 1. The fourth-order valence-electron chi connectivity index (χ4n) is 1.84. The number of hydrogen-bond acceptors (Lipinski definition) is 2. The van der Waals surface area contributed by atoms with E-state index in [-0.39, 0.29) is 5.91 Å². The molecular weight excluding hydrogens is 238 g/mol. The van der Waals surface area contributed by atoms with Crippen LogP contribution in [0.25, 0.3) is 0 Å². The molecular formula is C16H25NO2. The van der Waals surface area contributed by atoms with Gasteiger partial charge in [-0.15, -0.1) is 0 Å². The number of hydrogen-bond donors (Lipinski definition) is 1. The predicted octanol–water partition coefficient (Wildman–Crippen LogP) is 3.49. The second-order valence-corrected chi connectivity index (χ2v) is 5.10. The van der Waals surface area contributed by atoms with Crippen molar-refractivity contribution in [1.82, 2.24) is 5.32 Å². The van der Waals surface area contributed by atoms with Crippen LogP contribution in [0.4, 0.5) is 0 Å². The molecule has 0 heterocycles. The number of benzene rings is 1. The van der Waals surface area contributed by atoms with E-state index in [2.05, 4.69) is 26.1 Å². The minimum absolute atomic E-state index is 0.0491. The van der Waals surface area contributed by atoms with Gasteiger partial charge in [-0.3, -0.25) is 4.79 Å². The minimum atomic E-state index is -0.461. The molecule has 1 aromatic carbocycles. The Kier molecular flexibility index (Phi) is 6.40. The van der Waals surface area contributed by atoms with E-state index in [4.69, 9.17) is 4.74 Å². The average molecular weight is 263 g/mol. The van der Waals surface area contributed by atoms with Gasteiger partial charge in [0.05, 0.1) is 0 Å². The van der Waals surface area contributed by atoms with Crippen molar-refractivity contribution in [2.24, 2.45) is 0 Å². The summed E-state index contributed by atoms with van der Waals surface area (Å²) in [7, 11) is 0. The predicted molar refractivity (Wildman–Crippen MR) is 78.5 cm³/mol. The van der Waals surface area contributed by atoms with Gasteiger partial charge in [0.2, 0.25) is 0 Å². The summed E-state index contributed by atoms with van der Waals surface area (Å²) < 4.78 is 5.79. The summed E-state index contributed by atoms with van der Waals surface area (Å²) in [6.07, 6.45) is 1.61. The molecule has 1 aromatic rings. The van der Waals surface area contributed by atoms with Crippen LogP contribution in [0.5, 0.6) is 5.75 Å². The number of rotatable bonds is 7. The van der Waals surface area contributed by atoms with E-state index >= 15 is 0 Å². The Morgan fingerprint density at radius 2 is 1.95 bits per heavy atom. The Morgan fingerprint density at radius 1 is 1.26 bits per heavy atom. The van der Waals surface area contributed by atoms with Crippen molar-refractivity contribution < 1.29 is 9.53 Å². The Hall–Kier alpha value is -1.51. The molecule has 1 N–H and O–H groups in total. The van der Waals surface area contributed by atoms with Crippen LogP contribution in [0.15, 0.2) is 24.3 Å². The van der Waals surface area contributed by atoms with E-state index < -0.39 is 6.10 Å². The van der Waals surface area contributed by atoms with Crippen LogP contribution in [-0.4, -0.2) is 18.6 Å². The zero-order valence-corrected chi connectivity index (χ0v) is 12.4. The summed E-state index contributed by atoms with van der Waals surface area (Å²) in [5.41, 5.74) is 1.13.